The quantitative estimate of drug-likeness (QED) is 0.767. The number of nitrogens with one attached hydrogen (secondary N) is 1. The van der Waals surface area contributed by atoms with Gasteiger partial charge in [-0.1, -0.05) is 20.8 Å². The van der Waals surface area contributed by atoms with Crippen molar-refractivity contribution in [2.24, 2.45) is 35.0 Å². The van der Waals surface area contributed by atoms with Gasteiger partial charge in [0.05, 0.1) is 18.9 Å². The number of hydrogen-bond donors (Lipinski definition) is 1. The van der Waals surface area contributed by atoms with Gasteiger partial charge in [0.2, 0.25) is 5.91 Å². The lowest BCUT2D eigenvalue weighted by atomic mass is 9.74. The molecule has 1 heterocycles. The normalized spacial score (nSPS) is 37.7. The van der Waals surface area contributed by atoms with Gasteiger partial charge in [-0.15, -0.1) is 0 Å². The molecular formula is C17H25NO5. The minimum Gasteiger partial charge on any atom is -0.469 e. The Morgan fingerprint density at radius 3 is 2.65 bits per heavy atom. The molecule has 3 rings (SSSR count). The Labute approximate surface area is 136 Å². The number of methoxy groups -OCH3 is 1. The number of hydrogen-bond acceptors (Lipinski definition) is 5. The van der Waals surface area contributed by atoms with Crippen molar-refractivity contribution in [2.75, 3.05) is 13.7 Å². The number of ether oxygens (including phenoxy) is 2. The second-order valence-corrected chi connectivity index (χ2v) is 7.65. The topological polar surface area (TPSA) is 81.7 Å². The molecule has 3 aliphatic rings. The van der Waals surface area contributed by atoms with E-state index in [1.54, 1.807) is 0 Å². The molecule has 6 heteroatoms. The summed E-state index contributed by atoms with van der Waals surface area (Å²) in [5.74, 6) is -0.989. The lowest BCUT2D eigenvalue weighted by Crippen LogP contribution is -2.45. The summed E-state index contributed by atoms with van der Waals surface area (Å²) in [6, 6.07) is 0. The maximum absolute atomic E-state index is 12.3. The van der Waals surface area contributed by atoms with Crippen molar-refractivity contribution in [3.63, 3.8) is 0 Å². The molecule has 2 saturated carbocycles. The predicted molar refractivity (Wildman–Crippen MR) is 81.0 cm³/mol. The van der Waals surface area contributed by atoms with Crippen molar-refractivity contribution in [2.45, 2.75) is 39.7 Å². The van der Waals surface area contributed by atoms with E-state index in [4.69, 9.17) is 9.47 Å². The Kier molecular flexibility index (Phi) is 3.89. The first-order valence-electron chi connectivity index (χ1n) is 8.38. The molecular weight excluding hydrogens is 298 g/mol. The highest BCUT2D eigenvalue weighted by Crippen LogP contribution is 2.60. The van der Waals surface area contributed by atoms with Crippen LogP contribution in [-0.4, -0.2) is 37.6 Å². The highest BCUT2D eigenvalue weighted by Gasteiger charge is 2.68. The summed E-state index contributed by atoms with van der Waals surface area (Å²) in [7, 11) is 1.36. The van der Waals surface area contributed by atoms with E-state index in [1.165, 1.54) is 7.11 Å². The molecule has 128 valence electrons. The van der Waals surface area contributed by atoms with Crippen LogP contribution in [0.25, 0.3) is 0 Å². The average Bonchev–Trinajstić information content (AvgIpc) is 3.13. The maximum Gasteiger partial charge on any atom is 0.312 e. The molecule has 0 radical (unpaired) electrons. The summed E-state index contributed by atoms with van der Waals surface area (Å²) < 4.78 is 10.3. The Hall–Kier alpha value is -1.59. The molecule has 6 unspecified atom stereocenters. The van der Waals surface area contributed by atoms with Gasteiger partial charge in [-0.2, -0.15) is 0 Å². The van der Waals surface area contributed by atoms with Crippen LogP contribution in [0.15, 0.2) is 0 Å². The zero-order chi connectivity index (χ0) is 16.9. The van der Waals surface area contributed by atoms with Crippen LogP contribution in [0.1, 0.15) is 33.6 Å². The second kappa shape index (κ2) is 5.49. The molecule has 6 nitrogen and oxygen atoms in total. The molecule has 0 aromatic rings. The molecule has 0 aromatic heterocycles. The molecule has 23 heavy (non-hydrogen) atoms. The van der Waals surface area contributed by atoms with Gasteiger partial charge in [-0.05, 0) is 24.7 Å². The van der Waals surface area contributed by atoms with Gasteiger partial charge in [0.25, 0.3) is 0 Å². The van der Waals surface area contributed by atoms with E-state index >= 15 is 0 Å². The van der Waals surface area contributed by atoms with Gasteiger partial charge in [0.15, 0.2) is 0 Å². The van der Waals surface area contributed by atoms with Crippen LogP contribution >= 0.6 is 0 Å². The third-order valence-corrected chi connectivity index (χ3v) is 6.25. The SMILES string of the molecule is CCC(C)(C)C(=O)NCC1C2CC3C(OC(=O)C13)C2C(=O)OC. The van der Waals surface area contributed by atoms with Crippen molar-refractivity contribution < 1.29 is 23.9 Å². The van der Waals surface area contributed by atoms with E-state index in [1.807, 2.05) is 20.8 Å². The Morgan fingerprint density at radius 2 is 2.04 bits per heavy atom. The first-order valence-corrected chi connectivity index (χ1v) is 8.38. The third kappa shape index (κ3) is 2.34. The van der Waals surface area contributed by atoms with Crippen molar-refractivity contribution in [1.29, 1.82) is 0 Å². The first-order chi connectivity index (χ1) is 10.8. The van der Waals surface area contributed by atoms with E-state index in [0.717, 1.165) is 12.8 Å². The Balaban J connectivity index is 1.74. The summed E-state index contributed by atoms with van der Waals surface area (Å²) in [6.45, 7) is 6.20. The van der Waals surface area contributed by atoms with Gasteiger partial charge in [-0.3, -0.25) is 14.4 Å². The van der Waals surface area contributed by atoms with Crippen molar-refractivity contribution >= 4 is 17.8 Å². The van der Waals surface area contributed by atoms with Crippen LogP contribution in [-0.2, 0) is 23.9 Å². The molecule has 3 fully saturated rings. The molecule has 1 aliphatic heterocycles. The maximum atomic E-state index is 12.3. The third-order valence-electron chi connectivity index (χ3n) is 6.25. The van der Waals surface area contributed by atoms with Gasteiger partial charge in [-0.25, -0.2) is 0 Å². The largest absolute Gasteiger partial charge is 0.469 e. The first kappa shape index (κ1) is 16.3. The molecule has 1 amide bonds. The number of carbonyl (C=O) groups is 3. The zero-order valence-electron chi connectivity index (χ0n) is 14.1. The van der Waals surface area contributed by atoms with Crippen LogP contribution in [0.3, 0.4) is 0 Å². The van der Waals surface area contributed by atoms with E-state index in [-0.39, 0.29) is 53.5 Å². The monoisotopic (exact) mass is 323 g/mol. The molecule has 0 aromatic carbocycles. The van der Waals surface area contributed by atoms with Crippen LogP contribution in [0, 0.1) is 35.0 Å². The van der Waals surface area contributed by atoms with Gasteiger partial charge in [0, 0.05) is 17.9 Å². The lowest BCUT2D eigenvalue weighted by Gasteiger charge is -2.31. The Morgan fingerprint density at radius 1 is 1.35 bits per heavy atom. The highest BCUT2D eigenvalue weighted by molar-refractivity contribution is 5.83. The van der Waals surface area contributed by atoms with E-state index in [9.17, 15) is 14.4 Å². The van der Waals surface area contributed by atoms with Crippen LogP contribution < -0.4 is 5.32 Å². The molecule has 1 N–H and O–H groups in total. The zero-order valence-corrected chi connectivity index (χ0v) is 14.1. The number of rotatable bonds is 5. The second-order valence-electron chi connectivity index (χ2n) is 7.65. The smallest absolute Gasteiger partial charge is 0.312 e. The molecule has 6 atom stereocenters. The predicted octanol–water partition coefficient (Wildman–Crippen LogP) is 1.14. The summed E-state index contributed by atoms with van der Waals surface area (Å²) >= 11 is 0. The van der Waals surface area contributed by atoms with Crippen molar-refractivity contribution in [3.8, 4) is 0 Å². The number of amides is 1. The van der Waals surface area contributed by atoms with E-state index in [0.29, 0.717) is 6.54 Å². The standard InChI is InChI=1S/C17H25NO5/c1-5-17(2,3)16(21)18-7-10-8-6-9-11(10)15(20)23-13(9)12(8)14(19)22-4/h8-13H,5-7H2,1-4H3,(H,18,21). The fourth-order valence-corrected chi connectivity index (χ4v) is 4.54. The summed E-state index contributed by atoms with van der Waals surface area (Å²) in [4.78, 5) is 36.6. The number of fused-ring (bicyclic) bond motifs is 1. The van der Waals surface area contributed by atoms with E-state index < -0.39 is 5.41 Å². The molecule has 0 spiro atoms. The average molecular weight is 323 g/mol. The van der Waals surface area contributed by atoms with Crippen LogP contribution in [0.2, 0.25) is 0 Å². The van der Waals surface area contributed by atoms with Crippen molar-refractivity contribution in [3.05, 3.63) is 0 Å². The highest BCUT2D eigenvalue weighted by atomic mass is 16.6. The lowest BCUT2D eigenvalue weighted by molar-refractivity contribution is -0.154. The van der Waals surface area contributed by atoms with Crippen molar-refractivity contribution in [1.82, 2.24) is 5.32 Å². The van der Waals surface area contributed by atoms with Gasteiger partial charge < -0.3 is 14.8 Å². The van der Waals surface area contributed by atoms with Crippen LogP contribution in [0.5, 0.6) is 0 Å². The fourth-order valence-electron chi connectivity index (χ4n) is 4.54. The van der Waals surface area contributed by atoms with Gasteiger partial charge >= 0.3 is 11.9 Å². The minimum absolute atomic E-state index is 0.0136. The summed E-state index contributed by atoms with van der Waals surface area (Å²) in [5.41, 5.74) is -0.432. The number of esters is 2. The Bertz CT molecular complexity index is 543. The molecule has 2 aliphatic carbocycles. The summed E-state index contributed by atoms with van der Waals surface area (Å²) in [5, 5.41) is 2.98. The van der Waals surface area contributed by atoms with Gasteiger partial charge in [0.1, 0.15) is 6.10 Å². The molecule has 1 saturated heterocycles. The minimum atomic E-state index is -0.432. The van der Waals surface area contributed by atoms with E-state index in [2.05, 4.69) is 5.32 Å². The number of carbonyl (C=O) groups excluding carboxylic acids is 3. The fraction of sp³-hybridized carbons (Fsp3) is 0.824. The molecule has 2 bridgehead atoms. The van der Waals surface area contributed by atoms with Crippen LogP contribution in [0.4, 0.5) is 0 Å². The summed E-state index contributed by atoms with van der Waals surface area (Å²) in [6.07, 6.45) is 1.22.